The Balaban J connectivity index is 2.69. The summed E-state index contributed by atoms with van der Waals surface area (Å²) in [5, 5.41) is 0.668. The molecule has 0 aliphatic rings. The van der Waals surface area contributed by atoms with E-state index in [0.29, 0.717) is 11.4 Å². The predicted molar refractivity (Wildman–Crippen MR) is 57.1 cm³/mol. The van der Waals surface area contributed by atoms with Crippen LogP contribution in [0.15, 0.2) is 24.3 Å². The molecule has 0 saturated carbocycles. The van der Waals surface area contributed by atoms with E-state index >= 15 is 0 Å². The van der Waals surface area contributed by atoms with Crippen LogP contribution in [0.5, 0.6) is 0 Å². The molecule has 13 heavy (non-hydrogen) atoms. The van der Waals surface area contributed by atoms with Crippen molar-refractivity contribution >= 4 is 33.4 Å². The third-order valence-corrected chi connectivity index (χ3v) is 2.62. The van der Waals surface area contributed by atoms with Crippen LogP contribution in [-0.2, 0) is 11.2 Å². The van der Waals surface area contributed by atoms with E-state index in [0.717, 1.165) is 5.56 Å². The number of carbonyl (C=O) groups is 1. The van der Waals surface area contributed by atoms with Crippen molar-refractivity contribution in [1.82, 2.24) is 0 Å². The van der Waals surface area contributed by atoms with Gasteiger partial charge in [0.2, 0.25) is 5.91 Å². The molecule has 0 aliphatic heterocycles. The van der Waals surface area contributed by atoms with Gasteiger partial charge < -0.3 is 5.73 Å². The number of primary amides is 1. The van der Waals surface area contributed by atoms with Gasteiger partial charge in [0.25, 0.3) is 0 Å². The highest BCUT2D eigenvalue weighted by atomic mass is 79.9. The molecule has 1 atom stereocenters. The van der Waals surface area contributed by atoms with E-state index in [1.807, 2.05) is 18.2 Å². The molecule has 0 aliphatic carbocycles. The molecular formula is C9H9BrClNO. The monoisotopic (exact) mass is 261 g/mol. The molecule has 1 rings (SSSR count). The number of carbonyl (C=O) groups excluding carboxylic acids is 1. The molecule has 0 fully saturated rings. The Morgan fingerprint density at radius 2 is 2.31 bits per heavy atom. The third-order valence-electron chi connectivity index (χ3n) is 1.61. The van der Waals surface area contributed by atoms with Gasteiger partial charge in [-0.1, -0.05) is 39.7 Å². The molecular weight excluding hydrogens is 253 g/mol. The average molecular weight is 263 g/mol. The summed E-state index contributed by atoms with van der Waals surface area (Å²) in [6.07, 6.45) is 0.565. The Bertz CT molecular complexity index is 316. The maximum absolute atomic E-state index is 10.7. The summed E-state index contributed by atoms with van der Waals surface area (Å²) < 4.78 is 0. The van der Waals surface area contributed by atoms with Gasteiger partial charge >= 0.3 is 0 Å². The fraction of sp³-hybridized carbons (Fsp3) is 0.222. The lowest BCUT2D eigenvalue weighted by atomic mass is 10.1. The van der Waals surface area contributed by atoms with Crippen LogP contribution in [0.2, 0.25) is 5.02 Å². The first-order valence-electron chi connectivity index (χ1n) is 3.77. The zero-order chi connectivity index (χ0) is 9.84. The summed E-state index contributed by atoms with van der Waals surface area (Å²) in [4.78, 5) is 10.4. The number of alkyl halides is 1. The van der Waals surface area contributed by atoms with Crippen LogP contribution in [-0.4, -0.2) is 10.7 Å². The van der Waals surface area contributed by atoms with Crippen molar-refractivity contribution in [2.45, 2.75) is 11.2 Å². The third kappa shape index (κ3) is 3.36. The molecule has 0 bridgehead atoms. The molecule has 1 amide bonds. The molecule has 2 nitrogen and oxygen atoms in total. The fourth-order valence-electron chi connectivity index (χ4n) is 0.971. The van der Waals surface area contributed by atoms with Gasteiger partial charge in [0.1, 0.15) is 0 Å². The Labute approximate surface area is 90.2 Å². The SMILES string of the molecule is NC(=O)[C@@H](Br)Cc1cccc(Cl)c1. The normalized spacial score (nSPS) is 12.5. The fourth-order valence-corrected chi connectivity index (χ4v) is 1.56. The predicted octanol–water partition coefficient (Wildman–Crippen LogP) is 2.13. The Morgan fingerprint density at radius 3 is 2.85 bits per heavy atom. The number of halogens is 2. The highest BCUT2D eigenvalue weighted by Crippen LogP contribution is 2.14. The smallest absolute Gasteiger partial charge is 0.231 e. The number of hydrogen-bond donors (Lipinski definition) is 1. The largest absolute Gasteiger partial charge is 0.369 e. The second kappa shape index (κ2) is 4.63. The maximum atomic E-state index is 10.7. The van der Waals surface area contributed by atoms with E-state index < -0.39 is 0 Å². The van der Waals surface area contributed by atoms with Gasteiger partial charge in [-0.15, -0.1) is 0 Å². The van der Waals surface area contributed by atoms with Crippen molar-refractivity contribution in [2.24, 2.45) is 5.73 Å². The van der Waals surface area contributed by atoms with Crippen molar-refractivity contribution in [3.05, 3.63) is 34.9 Å². The Hall–Kier alpha value is -0.540. The van der Waals surface area contributed by atoms with Gasteiger partial charge in [-0.3, -0.25) is 4.79 Å². The molecule has 0 heterocycles. The number of amides is 1. The topological polar surface area (TPSA) is 43.1 Å². The van der Waals surface area contributed by atoms with Gasteiger partial charge in [-0.2, -0.15) is 0 Å². The van der Waals surface area contributed by atoms with Gasteiger partial charge in [-0.25, -0.2) is 0 Å². The molecule has 70 valence electrons. The van der Waals surface area contributed by atoms with Crippen LogP contribution in [0.1, 0.15) is 5.56 Å². The number of nitrogens with two attached hydrogens (primary N) is 1. The van der Waals surface area contributed by atoms with Crippen molar-refractivity contribution in [3.8, 4) is 0 Å². The molecule has 1 aromatic rings. The van der Waals surface area contributed by atoms with Gasteiger partial charge in [0.05, 0.1) is 4.83 Å². The van der Waals surface area contributed by atoms with E-state index in [1.54, 1.807) is 6.07 Å². The maximum Gasteiger partial charge on any atom is 0.231 e. The zero-order valence-corrected chi connectivity index (χ0v) is 9.18. The summed E-state index contributed by atoms with van der Waals surface area (Å²) in [6, 6.07) is 7.36. The van der Waals surface area contributed by atoms with Crippen LogP contribution in [0, 0.1) is 0 Å². The second-order valence-electron chi connectivity index (χ2n) is 2.70. The standard InChI is InChI=1S/C9H9BrClNO/c10-8(9(12)13)5-6-2-1-3-7(11)4-6/h1-4,8H,5H2,(H2,12,13)/t8-/m0/s1. The molecule has 0 saturated heterocycles. The number of hydrogen-bond acceptors (Lipinski definition) is 1. The Kier molecular flexibility index (Phi) is 3.75. The highest BCUT2D eigenvalue weighted by Gasteiger charge is 2.11. The van der Waals surface area contributed by atoms with E-state index in [-0.39, 0.29) is 10.7 Å². The average Bonchev–Trinajstić information content (AvgIpc) is 2.04. The minimum absolute atomic E-state index is 0.328. The first-order valence-corrected chi connectivity index (χ1v) is 5.07. The minimum Gasteiger partial charge on any atom is -0.369 e. The highest BCUT2D eigenvalue weighted by molar-refractivity contribution is 9.10. The van der Waals surface area contributed by atoms with E-state index in [4.69, 9.17) is 17.3 Å². The summed E-state index contributed by atoms with van der Waals surface area (Å²) in [5.74, 6) is -0.361. The molecule has 0 aromatic heterocycles. The molecule has 0 radical (unpaired) electrons. The minimum atomic E-state index is -0.361. The summed E-state index contributed by atoms with van der Waals surface area (Å²) in [5.41, 5.74) is 6.10. The first-order chi connectivity index (χ1) is 6.09. The van der Waals surface area contributed by atoms with Gasteiger partial charge in [-0.05, 0) is 24.1 Å². The molecule has 2 N–H and O–H groups in total. The van der Waals surface area contributed by atoms with Gasteiger partial charge in [0, 0.05) is 5.02 Å². The van der Waals surface area contributed by atoms with Crippen LogP contribution in [0.3, 0.4) is 0 Å². The molecule has 0 spiro atoms. The quantitative estimate of drug-likeness (QED) is 0.833. The van der Waals surface area contributed by atoms with Crippen LogP contribution >= 0.6 is 27.5 Å². The van der Waals surface area contributed by atoms with E-state index in [9.17, 15) is 4.79 Å². The lowest BCUT2D eigenvalue weighted by Crippen LogP contribution is -2.24. The van der Waals surface area contributed by atoms with Crippen molar-refractivity contribution in [3.63, 3.8) is 0 Å². The zero-order valence-electron chi connectivity index (χ0n) is 6.84. The van der Waals surface area contributed by atoms with Crippen molar-refractivity contribution in [2.75, 3.05) is 0 Å². The number of rotatable bonds is 3. The summed E-state index contributed by atoms with van der Waals surface area (Å²) in [7, 11) is 0. The number of benzene rings is 1. The van der Waals surface area contributed by atoms with Crippen LogP contribution < -0.4 is 5.73 Å². The Morgan fingerprint density at radius 1 is 1.62 bits per heavy atom. The molecule has 4 heteroatoms. The van der Waals surface area contributed by atoms with Crippen molar-refractivity contribution < 1.29 is 4.79 Å². The summed E-state index contributed by atoms with van der Waals surface area (Å²) >= 11 is 8.96. The molecule has 1 aromatic carbocycles. The van der Waals surface area contributed by atoms with E-state index in [1.165, 1.54) is 0 Å². The lowest BCUT2D eigenvalue weighted by Gasteiger charge is -2.05. The lowest BCUT2D eigenvalue weighted by molar-refractivity contribution is -0.117. The first kappa shape index (κ1) is 10.5. The van der Waals surface area contributed by atoms with Gasteiger partial charge in [0.15, 0.2) is 0 Å². The second-order valence-corrected chi connectivity index (χ2v) is 4.25. The van der Waals surface area contributed by atoms with E-state index in [2.05, 4.69) is 15.9 Å². The van der Waals surface area contributed by atoms with Crippen molar-refractivity contribution in [1.29, 1.82) is 0 Å². The molecule has 0 unspecified atom stereocenters. The van der Waals surface area contributed by atoms with Crippen LogP contribution in [0.25, 0.3) is 0 Å². The van der Waals surface area contributed by atoms with Crippen LogP contribution in [0.4, 0.5) is 0 Å². The summed E-state index contributed by atoms with van der Waals surface area (Å²) in [6.45, 7) is 0.